The molecule has 2 N–H and O–H groups in total. The van der Waals surface area contributed by atoms with Gasteiger partial charge in [0.15, 0.2) is 0 Å². The molecule has 14 heavy (non-hydrogen) atoms. The van der Waals surface area contributed by atoms with E-state index in [2.05, 4.69) is 6.08 Å². The first kappa shape index (κ1) is 11.2. The van der Waals surface area contributed by atoms with Crippen molar-refractivity contribution in [1.82, 2.24) is 4.90 Å². The third-order valence-electron chi connectivity index (χ3n) is 2.57. The largest absolute Gasteiger partial charge is 0.337 e. The molecule has 0 saturated heterocycles. The molecule has 1 heterocycles. The molecule has 0 aliphatic carbocycles. The lowest BCUT2D eigenvalue weighted by Crippen LogP contribution is -2.51. The Morgan fingerprint density at radius 2 is 2.07 bits per heavy atom. The van der Waals surface area contributed by atoms with E-state index in [0.717, 1.165) is 13.0 Å². The van der Waals surface area contributed by atoms with E-state index in [4.69, 9.17) is 5.73 Å². The van der Waals surface area contributed by atoms with Crippen molar-refractivity contribution in [3.63, 3.8) is 0 Å². The average Bonchev–Trinajstić information content (AvgIpc) is 2.15. The van der Waals surface area contributed by atoms with Crippen molar-refractivity contribution in [3.8, 4) is 0 Å². The summed E-state index contributed by atoms with van der Waals surface area (Å²) in [7, 11) is 0. The molecule has 80 valence electrons. The Balaban J connectivity index is 2.60. The van der Waals surface area contributed by atoms with Gasteiger partial charge in [-0.2, -0.15) is 0 Å². The topological polar surface area (TPSA) is 46.3 Å². The summed E-state index contributed by atoms with van der Waals surface area (Å²) in [5.74, 6) is 0.0712. The van der Waals surface area contributed by atoms with Crippen molar-refractivity contribution in [2.75, 3.05) is 13.1 Å². The molecule has 1 rings (SSSR count). The van der Waals surface area contributed by atoms with E-state index in [1.807, 2.05) is 31.7 Å². The highest BCUT2D eigenvalue weighted by atomic mass is 16.2. The lowest BCUT2D eigenvalue weighted by molar-refractivity contribution is -0.134. The zero-order valence-electron chi connectivity index (χ0n) is 9.29. The Morgan fingerprint density at radius 3 is 2.50 bits per heavy atom. The summed E-state index contributed by atoms with van der Waals surface area (Å²) < 4.78 is 0. The summed E-state index contributed by atoms with van der Waals surface area (Å²) in [6.45, 7) is 7.50. The minimum atomic E-state index is -0.394. The van der Waals surface area contributed by atoms with E-state index in [1.54, 1.807) is 0 Å². The number of nitrogens with zero attached hydrogens (tertiary/aromatic N) is 1. The van der Waals surface area contributed by atoms with Gasteiger partial charge in [0.1, 0.15) is 0 Å². The quantitative estimate of drug-likeness (QED) is 0.639. The molecule has 3 nitrogen and oxygen atoms in total. The molecule has 0 aromatic rings. The molecule has 0 saturated carbocycles. The van der Waals surface area contributed by atoms with Gasteiger partial charge in [-0.15, -0.1) is 0 Å². The molecular formula is C11H20N2O. The highest BCUT2D eigenvalue weighted by Crippen LogP contribution is 2.19. The Hall–Kier alpha value is -0.830. The summed E-state index contributed by atoms with van der Waals surface area (Å²) in [4.78, 5) is 13.7. The van der Waals surface area contributed by atoms with Crippen molar-refractivity contribution in [2.45, 2.75) is 33.2 Å². The lowest BCUT2D eigenvalue weighted by atomic mass is 9.86. The van der Waals surface area contributed by atoms with E-state index in [0.29, 0.717) is 6.54 Å². The van der Waals surface area contributed by atoms with Gasteiger partial charge in [0.25, 0.3) is 0 Å². The zero-order chi connectivity index (χ0) is 10.8. The number of carbonyl (C=O) groups excluding carboxylic acids is 1. The van der Waals surface area contributed by atoms with E-state index < -0.39 is 6.04 Å². The summed E-state index contributed by atoms with van der Waals surface area (Å²) in [6.07, 6.45) is 5.08. The van der Waals surface area contributed by atoms with Crippen LogP contribution in [0.25, 0.3) is 0 Å². The van der Waals surface area contributed by atoms with Crippen LogP contribution in [-0.4, -0.2) is 29.9 Å². The van der Waals surface area contributed by atoms with Crippen LogP contribution in [0.4, 0.5) is 0 Å². The standard InChI is InChI=1S/C11H20N2O/c1-11(2,3)9(12)10(14)13-7-5-4-6-8-13/h4-5,9H,6-8,12H2,1-3H3. The minimum absolute atomic E-state index is 0.0712. The Labute approximate surface area is 86.0 Å². The second-order valence-corrected chi connectivity index (χ2v) is 4.89. The number of rotatable bonds is 1. The van der Waals surface area contributed by atoms with E-state index >= 15 is 0 Å². The summed E-state index contributed by atoms with van der Waals surface area (Å²) >= 11 is 0. The SMILES string of the molecule is CC(C)(C)C(N)C(=O)N1CC=CCC1. The van der Waals surface area contributed by atoms with Crippen molar-refractivity contribution >= 4 is 5.91 Å². The van der Waals surface area contributed by atoms with Crippen LogP contribution in [0.15, 0.2) is 12.2 Å². The minimum Gasteiger partial charge on any atom is -0.337 e. The maximum absolute atomic E-state index is 11.9. The molecule has 1 atom stereocenters. The van der Waals surface area contributed by atoms with Crippen LogP contribution in [0.1, 0.15) is 27.2 Å². The summed E-state index contributed by atoms with van der Waals surface area (Å²) in [5, 5.41) is 0. The van der Waals surface area contributed by atoms with Gasteiger partial charge in [0, 0.05) is 13.1 Å². The van der Waals surface area contributed by atoms with E-state index in [9.17, 15) is 4.79 Å². The first-order valence-corrected chi connectivity index (χ1v) is 5.12. The van der Waals surface area contributed by atoms with Gasteiger partial charge in [-0.3, -0.25) is 4.79 Å². The Morgan fingerprint density at radius 1 is 1.43 bits per heavy atom. The monoisotopic (exact) mass is 196 g/mol. The van der Waals surface area contributed by atoms with E-state index in [1.165, 1.54) is 0 Å². The third kappa shape index (κ3) is 2.58. The molecule has 1 unspecified atom stereocenters. The first-order chi connectivity index (χ1) is 6.43. The fraction of sp³-hybridized carbons (Fsp3) is 0.727. The first-order valence-electron chi connectivity index (χ1n) is 5.12. The molecule has 0 spiro atoms. The highest BCUT2D eigenvalue weighted by Gasteiger charge is 2.30. The van der Waals surface area contributed by atoms with Crippen LogP contribution in [0.5, 0.6) is 0 Å². The zero-order valence-corrected chi connectivity index (χ0v) is 9.29. The predicted octanol–water partition coefficient (Wildman–Crippen LogP) is 1.15. The third-order valence-corrected chi connectivity index (χ3v) is 2.57. The molecule has 0 aromatic carbocycles. The van der Waals surface area contributed by atoms with Crippen LogP contribution in [0, 0.1) is 5.41 Å². The summed E-state index contributed by atoms with van der Waals surface area (Å²) in [6, 6.07) is -0.394. The van der Waals surface area contributed by atoms with Crippen LogP contribution < -0.4 is 5.73 Å². The van der Waals surface area contributed by atoms with Gasteiger partial charge < -0.3 is 10.6 Å². The second-order valence-electron chi connectivity index (χ2n) is 4.89. The predicted molar refractivity (Wildman–Crippen MR) is 57.8 cm³/mol. The number of nitrogens with two attached hydrogens (primary N) is 1. The normalized spacial score (nSPS) is 19.6. The smallest absolute Gasteiger partial charge is 0.240 e. The van der Waals surface area contributed by atoms with Gasteiger partial charge in [0.2, 0.25) is 5.91 Å². The molecule has 0 fully saturated rings. The molecule has 1 aliphatic rings. The molecule has 0 radical (unpaired) electrons. The highest BCUT2D eigenvalue weighted by molar-refractivity contribution is 5.82. The van der Waals surface area contributed by atoms with Crippen LogP contribution in [0.2, 0.25) is 0 Å². The number of hydrogen-bond donors (Lipinski definition) is 1. The van der Waals surface area contributed by atoms with Gasteiger partial charge in [0.05, 0.1) is 6.04 Å². The maximum Gasteiger partial charge on any atom is 0.240 e. The van der Waals surface area contributed by atoms with Crippen molar-refractivity contribution in [2.24, 2.45) is 11.1 Å². The molecular weight excluding hydrogens is 176 g/mol. The molecule has 3 heteroatoms. The Kier molecular flexibility index (Phi) is 3.32. The molecule has 0 bridgehead atoms. The van der Waals surface area contributed by atoms with Crippen molar-refractivity contribution < 1.29 is 4.79 Å². The van der Waals surface area contributed by atoms with E-state index in [-0.39, 0.29) is 11.3 Å². The van der Waals surface area contributed by atoms with Gasteiger partial charge >= 0.3 is 0 Å². The molecule has 0 aromatic heterocycles. The Bertz CT molecular complexity index is 240. The lowest BCUT2D eigenvalue weighted by Gasteiger charge is -2.32. The molecule has 1 aliphatic heterocycles. The maximum atomic E-state index is 11.9. The number of carbonyl (C=O) groups is 1. The summed E-state index contributed by atoms with van der Waals surface area (Å²) in [5.41, 5.74) is 5.76. The van der Waals surface area contributed by atoms with Gasteiger partial charge in [-0.25, -0.2) is 0 Å². The number of amides is 1. The van der Waals surface area contributed by atoms with Crippen LogP contribution in [0.3, 0.4) is 0 Å². The molecule has 1 amide bonds. The van der Waals surface area contributed by atoms with Crippen molar-refractivity contribution in [3.05, 3.63) is 12.2 Å². The fourth-order valence-electron chi connectivity index (χ4n) is 1.41. The van der Waals surface area contributed by atoms with Gasteiger partial charge in [-0.05, 0) is 11.8 Å². The fourth-order valence-corrected chi connectivity index (χ4v) is 1.41. The van der Waals surface area contributed by atoms with Crippen LogP contribution >= 0.6 is 0 Å². The van der Waals surface area contributed by atoms with Crippen molar-refractivity contribution in [1.29, 1.82) is 0 Å². The van der Waals surface area contributed by atoms with Gasteiger partial charge in [-0.1, -0.05) is 32.9 Å². The average molecular weight is 196 g/mol. The van der Waals surface area contributed by atoms with Crippen LogP contribution in [-0.2, 0) is 4.79 Å². The number of hydrogen-bond acceptors (Lipinski definition) is 2. The second kappa shape index (κ2) is 4.13.